The van der Waals surface area contributed by atoms with Gasteiger partial charge in [0.05, 0.1) is 0 Å². The molecule has 0 saturated carbocycles. The third-order valence-electron chi connectivity index (χ3n) is 3.42. The van der Waals surface area contributed by atoms with Gasteiger partial charge >= 0.3 is 0 Å². The monoisotopic (exact) mass is 304 g/mol. The van der Waals surface area contributed by atoms with Gasteiger partial charge in [0.25, 0.3) is 0 Å². The van der Waals surface area contributed by atoms with Crippen LogP contribution in [0.3, 0.4) is 0 Å². The maximum atomic E-state index is 6.16. The van der Waals surface area contributed by atoms with E-state index in [4.69, 9.17) is 11.6 Å². The lowest BCUT2D eigenvalue weighted by Crippen LogP contribution is -2.24. The molecule has 5 heteroatoms. The summed E-state index contributed by atoms with van der Waals surface area (Å²) in [5, 5.41) is 4.08. The molecule has 0 aliphatic heterocycles. The van der Waals surface area contributed by atoms with Crippen molar-refractivity contribution in [1.29, 1.82) is 0 Å². The van der Waals surface area contributed by atoms with Crippen molar-refractivity contribution in [2.24, 2.45) is 0 Å². The van der Waals surface area contributed by atoms with E-state index >= 15 is 0 Å². The molecule has 2 aromatic rings. The van der Waals surface area contributed by atoms with E-state index in [2.05, 4.69) is 34.0 Å². The van der Waals surface area contributed by atoms with Crippen molar-refractivity contribution in [1.82, 2.24) is 9.97 Å². The molecule has 1 aromatic heterocycles. The number of halogens is 1. The first-order valence-corrected chi connectivity index (χ1v) is 7.55. The van der Waals surface area contributed by atoms with E-state index in [1.165, 1.54) is 0 Å². The molecule has 1 N–H and O–H groups in total. The fourth-order valence-corrected chi connectivity index (χ4v) is 2.32. The van der Waals surface area contributed by atoms with Crippen LogP contribution in [0.2, 0.25) is 5.02 Å². The molecule has 1 aromatic carbocycles. The first kappa shape index (κ1) is 15.6. The van der Waals surface area contributed by atoms with Gasteiger partial charge in [-0.05, 0) is 45.4 Å². The number of nitrogens with one attached hydrogen (secondary N) is 1. The molecule has 112 valence electrons. The predicted molar refractivity (Wildman–Crippen MR) is 89.8 cm³/mol. The maximum absolute atomic E-state index is 6.16. The van der Waals surface area contributed by atoms with Crippen LogP contribution in [0.1, 0.15) is 25.1 Å². The zero-order chi connectivity index (χ0) is 15.4. The highest BCUT2D eigenvalue weighted by Gasteiger charge is 2.09. The summed E-state index contributed by atoms with van der Waals surface area (Å²) in [6.07, 6.45) is 0. The standard InChI is InChI=1S/C16H21ClN4/c1-5-21(6-2)16-18-11(3)10-15(20-16)19-14-9-7-8-13(17)12(14)4/h7-10H,5-6H2,1-4H3,(H,18,19,20). The van der Waals surface area contributed by atoms with Crippen LogP contribution in [0.5, 0.6) is 0 Å². The summed E-state index contributed by atoms with van der Waals surface area (Å²) in [6, 6.07) is 7.74. The third-order valence-corrected chi connectivity index (χ3v) is 3.83. The number of aromatic nitrogens is 2. The van der Waals surface area contributed by atoms with E-state index < -0.39 is 0 Å². The van der Waals surface area contributed by atoms with E-state index in [0.29, 0.717) is 0 Å². The molecule has 0 bridgehead atoms. The number of aryl methyl sites for hydroxylation is 1. The van der Waals surface area contributed by atoms with Gasteiger partial charge in [0, 0.05) is 35.6 Å². The minimum absolute atomic E-state index is 0.745. The predicted octanol–water partition coefficient (Wildman–Crippen LogP) is 4.34. The Morgan fingerprint density at radius 3 is 2.52 bits per heavy atom. The van der Waals surface area contributed by atoms with Gasteiger partial charge in [-0.25, -0.2) is 4.98 Å². The molecule has 0 aliphatic carbocycles. The van der Waals surface area contributed by atoms with Crippen LogP contribution in [0, 0.1) is 13.8 Å². The van der Waals surface area contributed by atoms with Gasteiger partial charge in [-0.15, -0.1) is 0 Å². The molecule has 0 spiro atoms. The Morgan fingerprint density at radius 2 is 1.86 bits per heavy atom. The SMILES string of the molecule is CCN(CC)c1nc(C)cc(Nc2cccc(Cl)c2C)n1. The second kappa shape index (κ2) is 6.76. The Balaban J connectivity index is 2.34. The van der Waals surface area contributed by atoms with Gasteiger partial charge in [-0.3, -0.25) is 0 Å². The molecular weight excluding hydrogens is 284 g/mol. The summed E-state index contributed by atoms with van der Waals surface area (Å²) in [5.41, 5.74) is 2.92. The molecule has 0 atom stereocenters. The molecule has 0 radical (unpaired) electrons. The van der Waals surface area contributed by atoms with Crippen molar-refractivity contribution >= 4 is 29.1 Å². The lowest BCUT2D eigenvalue weighted by atomic mass is 10.2. The van der Waals surface area contributed by atoms with Crippen molar-refractivity contribution < 1.29 is 0 Å². The second-order valence-electron chi connectivity index (χ2n) is 4.90. The van der Waals surface area contributed by atoms with Gasteiger partial charge in [0.15, 0.2) is 0 Å². The average Bonchev–Trinajstić information content (AvgIpc) is 2.45. The zero-order valence-electron chi connectivity index (χ0n) is 12.9. The summed E-state index contributed by atoms with van der Waals surface area (Å²) < 4.78 is 0. The number of nitrogens with zero attached hydrogens (tertiary/aromatic N) is 3. The van der Waals surface area contributed by atoms with Crippen LogP contribution in [-0.2, 0) is 0 Å². The molecule has 0 fully saturated rings. The van der Waals surface area contributed by atoms with Gasteiger partial charge in [-0.2, -0.15) is 4.98 Å². The quantitative estimate of drug-likeness (QED) is 0.892. The molecule has 1 heterocycles. The van der Waals surface area contributed by atoms with E-state index in [1.54, 1.807) is 0 Å². The Hall–Kier alpha value is -1.81. The fraction of sp³-hybridized carbons (Fsp3) is 0.375. The van der Waals surface area contributed by atoms with Crippen molar-refractivity contribution in [3.63, 3.8) is 0 Å². The molecule has 0 amide bonds. The highest BCUT2D eigenvalue weighted by Crippen LogP contribution is 2.26. The van der Waals surface area contributed by atoms with Gasteiger partial charge < -0.3 is 10.2 Å². The Morgan fingerprint density at radius 1 is 1.14 bits per heavy atom. The van der Waals surface area contributed by atoms with Crippen molar-refractivity contribution in [2.75, 3.05) is 23.3 Å². The normalized spacial score (nSPS) is 10.5. The number of hydrogen-bond donors (Lipinski definition) is 1. The second-order valence-corrected chi connectivity index (χ2v) is 5.31. The molecule has 0 aliphatic rings. The Labute approximate surface area is 131 Å². The van der Waals surface area contributed by atoms with Gasteiger partial charge in [0.2, 0.25) is 5.95 Å². The van der Waals surface area contributed by atoms with Crippen LogP contribution < -0.4 is 10.2 Å². The zero-order valence-corrected chi connectivity index (χ0v) is 13.7. The number of rotatable bonds is 5. The number of hydrogen-bond acceptors (Lipinski definition) is 4. The summed E-state index contributed by atoms with van der Waals surface area (Å²) in [5.74, 6) is 1.54. The van der Waals surface area contributed by atoms with Crippen molar-refractivity contribution in [3.05, 3.63) is 40.5 Å². The van der Waals surface area contributed by atoms with Crippen molar-refractivity contribution in [2.45, 2.75) is 27.7 Å². The van der Waals surface area contributed by atoms with Crippen LogP contribution in [0.4, 0.5) is 17.5 Å². The Bertz CT molecular complexity index is 624. The van der Waals surface area contributed by atoms with Crippen LogP contribution in [-0.4, -0.2) is 23.1 Å². The van der Waals surface area contributed by atoms with Crippen LogP contribution in [0.15, 0.2) is 24.3 Å². The third kappa shape index (κ3) is 3.64. The maximum Gasteiger partial charge on any atom is 0.227 e. The average molecular weight is 305 g/mol. The van der Waals surface area contributed by atoms with Gasteiger partial charge in [-0.1, -0.05) is 17.7 Å². The first-order chi connectivity index (χ1) is 10.0. The van der Waals surface area contributed by atoms with E-state index in [-0.39, 0.29) is 0 Å². The minimum Gasteiger partial charge on any atom is -0.341 e. The van der Waals surface area contributed by atoms with Crippen LogP contribution in [0.25, 0.3) is 0 Å². The smallest absolute Gasteiger partial charge is 0.227 e. The number of benzene rings is 1. The lowest BCUT2D eigenvalue weighted by Gasteiger charge is -2.20. The Kier molecular flexibility index (Phi) is 5.02. The fourth-order valence-electron chi connectivity index (χ4n) is 2.15. The molecule has 2 rings (SSSR count). The van der Waals surface area contributed by atoms with E-state index in [1.807, 2.05) is 38.1 Å². The summed E-state index contributed by atoms with van der Waals surface area (Å²) in [6.45, 7) is 9.94. The van der Waals surface area contributed by atoms with Crippen molar-refractivity contribution in [3.8, 4) is 0 Å². The van der Waals surface area contributed by atoms with E-state index in [0.717, 1.165) is 46.8 Å². The lowest BCUT2D eigenvalue weighted by molar-refractivity contribution is 0.817. The summed E-state index contributed by atoms with van der Waals surface area (Å²) in [7, 11) is 0. The molecule has 0 unspecified atom stereocenters. The van der Waals surface area contributed by atoms with E-state index in [9.17, 15) is 0 Å². The highest BCUT2D eigenvalue weighted by atomic mass is 35.5. The first-order valence-electron chi connectivity index (χ1n) is 7.18. The highest BCUT2D eigenvalue weighted by molar-refractivity contribution is 6.31. The van der Waals surface area contributed by atoms with Crippen LogP contribution >= 0.6 is 11.6 Å². The topological polar surface area (TPSA) is 41.1 Å². The summed E-state index contributed by atoms with van der Waals surface area (Å²) in [4.78, 5) is 11.2. The largest absolute Gasteiger partial charge is 0.341 e. The molecule has 4 nitrogen and oxygen atoms in total. The van der Waals surface area contributed by atoms with Gasteiger partial charge in [0.1, 0.15) is 5.82 Å². The minimum atomic E-state index is 0.745. The molecule has 0 saturated heterocycles. The molecule has 21 heavy (non-hydrogen) atoms. The summed E-state index contributed by atoms with van der Waals surface area (Å²) >= 11 is 6.16. The molecular formula is C16H21ClN4. The number of anilines is 3.